The predicted octanol–water partition coefficient (Wildman–Crippen LogP) is 0.791. The molecule has 1 saturated carbocycles. The summed E-state index contributed by atoms with van der Waals surface area (Å²) in [5.74, 6) is 0.492. The van der Waals surface area contributed by atoms with Gasteiger partial charge in [-0.3, -0.25) is 0 Å². The molecular weight excluding hydrogens is 262 g/mol. The molecule has 1 unspecified atom stereocenters. The lowest BCUT2D eigenvalue weighted by molar-refractivity contribution is 0.246. The fraction of sp³-hybridized carbons (Fsp3) is 1.00. The van der Waals surface area contributed by atoms with Crippen molar-refractivity contribution in [2.45, 2.75) is 44.6 Å². The van der Waals surface area contributed by atoms with E-state index < -0.39 is 10.2 Å². The van der Waals surface area contributed by atoms with Crippen LogP contribution in [-0.2, 0) is 10.2 Å². The van der Waals surface area contributed by atoms with Crippen LogP contribution in [0.1, 0.15) is 38.5 Å². The van der Waals surface area contributed by atoms with Crippen molar-refractivity contribution in [2.75, 3.05) is 32.7 Å². The number of hydrogen-bond acceptors (Lipinski definition) is 3. The minimum absolute atomic E-state index is 0.492. The summed E-state index contributed by atoms with van der Waals surface area (Å²) >= 11 is 0. The molecule has 0 amide bonds. The highest BCUT2D eigenvalue weighted by Crippen LogP contribution is 2.24. The summed E-state index contributed by atoms with van der Waals surface area (Å²) < 4.78 is 28.4. The molecule has 0 radical (unpaired) electrons. The van der Waals surface area contributed by atoms with Crippen LogP contribution >= 0.6 is 0 Å². The standard InChI is InChI=1S/C13H25N3O2S/c17-19(18,15-7-1-2-8-15)16-9-3-4-12(11-16)10-14-13-5-6-13/h12-14H,1-11H2. The van der Waals surface area contributed by atoms with Gasteiger partial charge in [0.25, 0.3) is 10.2 Å². The first-order valence-corrected chi connectivity index (χ1v) is 9.04. The monoisotopic (exact) mass is 287 g/mol. The normalized spacial score (nSPS) is 30.8. The van der Waals surface area contributed by atoms with Gasteiger partial charge in [0, 0.05) is 32.2 Å². The number of rotatable bonds is 5. The number of nitrogens with one attached hydrogen (secondary N) is 1. The predicted molar refractivity (Wildman–Crippen MR) is 75.0 cm³/mol. The molecule has 3 fully saturated rings. The Morgan fingerprint density at radius 1 is 0.947 bits per heavy atom. The van der Waals surface area contributed by atoms with Crippen molar-refractivity contribution in [3.63, 3.8) is 0 Å². The van der Waals surface area contributed by atoms with E-state index in [1.165, 1.54) is 12.8 Å². The van der Waals surface area contributed by atoms with Crippen LogP contribution in [0.5, 0.6) is 0 Å². The van der Waals surface area contributed by atoms with Crippen LogP contribution < -0.4 is 5.32 Å². The molecule has 0 aromatic rings. The van der Waals surface area contributed by atoms with Gasteiger partial charge in [0.1, 0.15) is 0 Å². The van der Waals surface area contributed by atoms with Gasteiger partial charge in [-0.2, -0.15) is 17.0 Å². The Kier molecular flexibility index (Phi) is 4.12. The van der Waals surface area contributed by atoms with E-state index in [0.717, 1.165) is 32.2 Å². The highest BCUT2D eigenvalue weighted by molar-refractivity contribution is 7.86. The molecular formula is C13H25N3O2S. The van der Waals surface area contributed by atoms with Gasteiger partial charge < -0.3 is 5.32 Å². The van der Waals surface area contributed by atoms with Crippen molar-refractivity contribution in [3.05, 3.63) is 0 Å². The van der Waals surface area contributed by atoms with E-state index in [4.69, 9.17) is 0 Å². The van der Waals surface area contributed by atoms with E-state index >= 15 is 0 Å². The highest BCUT2D eigenvalue weighted by atomic mass is 32.2. The maximum Gasteiger partial charge on any atom is 0.281 e. The van der Waals surface area contributed by atoms with Crippen LogP contribution in [0.3, 0.4) is 0 Å². The summed E-state index contributed by atoms with van der Waals surface area (Å²) in [5, 5.41) is 3.53. The molecule has 2 aliphatic heterocycles. The van der Waals surface area contributed by atoms with Gasteiger partial charge >= 0.3 is 0 Å². The molecule has 2 saturated heterocycles. The minimum atomic E-state index is -3.18. The third-order valence-electron chi connectivity index (χ3n) is 4.47. The Morgan fingerprint density at radius 2 is 1.63 bits per heavy atom. The van der Waals surface area contributed by atoms with Crippen LogP contribution in [0, 0.1) is 5.92 Å². The summed E-state index contributed by atoms with van der Waals surface area (Å²) in [6.45, 7) is 3.82. The molecule has 1 atom stereocenters. The molecule has 1 aliphatic carbocycles. The molecule has 0 bridgehead atoms. The van der Waals surface area contributed by atoms with Crippen LogP contribution in [0.15, 0.2) is 0 Å². The zero-order chi connectivity index (χ0) is 13.3. The first kappa shape index (κ1) is 13.8. The van der Waals surface area contributed by atoms with Gasteiger partial charge in [0.15, 0.2) is 0 Å². The summed E-state index contributed by atoms with van der Waals surface area (Å²) in [7, 11) is -3.18. The maximum atomic E-state index is 12.5. The summed E-state index contributed by atoms with van der Waals surface area (Å²) in [5.41, 5.74) is 0. The maximum absolute atomic E-state index is 12.5. The average Bonchev–Trinajstić information content (AvgIpc) is 3.07. The van der Waals surface area contributed by atoms with Gasteiger partial charge in [0.2, 0.25) is 0 Å². The Bertz CT molecular complexity index is 402. The fourth-order valence-electron chi connectivity index (χ4n) is 3.11. The molecule has 0 spiro atoms. The van der Waals surface area contributed by atoms with E-state index in [9.17, 15) is 8.42 Å². The quantitative estimate of drug-likeness (QED) is 0.813. The van der Waals surface area contributed by atoms with E-state index in [-0.39, 0.29) is 0 Å². The van der Waals surface area contributed by atoms with Crippen molar-refractivity contribution >= 4 is 10.2 Å². The van der Waals surface area contributed by atoms with Gasteiger partial charge in [-0.15, -0.1) is 0 Å². The zero-order valence-electron chi connectivity index (χ0n) is 11.6. The Hall–Kier alpha value is -0.170. The molecule has 0 aromatic carbocycles. The molecule has 0 aromatic heterocycles. The second-order valence-electron chi connectivity index (χ2n) is 6.16. The summed E-state index contributed by atoms with van der Waals surface area (Å²) in [6.07, 6.45) is 6.78. The van der Waals surface area contributed by atoms with Crippen molar-refractivity contribution in [1.82, 2.24) is 13.9 Å². The van der Waals surface area contributed by atoms with Gasteiger partial charge in [0.05, 0.1) is 0 Å². The minimum Gasteiger partial charge on any atom is -0.314 e. The Labute approximate surface area is 116 Å². The third-order valence-corrected chi connectivity index (χ3v) is 6.47. The molecule has 1 N–H and O–H groups in total. The third kappa shape index (κ3) is 3.29. The lowest BCUT2D eigenvalue weighted by Gasteiger charge is -2.34. The van der Waals surface area contributed by atoms with E-state index in [0.29, 0.717) is 38.1 Å². The van der Waals surface area contributed by atoms with Crippen molar-refractivity contribution in [3.8, 4) is 0 Å². The van der Waals surface area contributed by atoms with Crippen molar-refractivity contribution < 1.29 is 8.42 Å². The van der Waals surface area contributed by atoms with Crippen molar-refractivity contribution in [2.24, 2.45) is 5.92 Å². The zero-order valence-corrected chi connectivity index (χ0v) is 12.4. The molecule has 2 heterocycles. The van der Waals surface area contributed by atoms with Crippen molar-refractivity contribution in [1.29, 1.82) is 0 Å². The summed E-state index contributed by atoms with van der Waals surface area (Å²) in [4.78, 5) is 0. The highest BCUT2D eigenvalue weighted by Gasteiger charge is 2.35. The molecule has 6 heteroatoms. The van der Waals surface area contributed by atoms with E-state index in [1.807, 2.05) is 0 Å². The van der Waals surface area contributed by atoms with E-state index in [2.05, 4.69) is 5.32 Å². The molecule has 3 aliphatic rings. The van der Waals surface area contributed by atoms with Crippen LogP contribution in [0.2, 0.25) is 0 Å². The topological polar surface area (TPSA) is 52.7 Å². The molecule has 3 rings (SSSR count). The first-order valence-electron chi connectivity index (χ1n) is 7.65. The van der Waals surface area contributed by atoms with Crippen LogP contribution in [0.25, 0.3) is 0 Å². The lowest BCUT2D eigenvalue weighted by Crippen LogP contribution is -2.48. The van der Waals surface area contributed by atoms with Gasteiger partial charge in [-0.05, 0) is 51.0 Å². The Balaban J connectivity index is 1.56. The van der Waals surface area contributed by atoms with Gasteiger partial charge in [-0.1, -0.05) is 0 Å². The second-order valence-corrected chi connectivity index (χ2v) is 8.09. The second kappa shape index (κ2) is 5.68. The number of nitrogens with zero attached hydrogens (tertiary/aromatic N) is 2. The first-order chi connectivity index (χ1) is 9.16. The number of piperidine rings is 1. The van der Waals surface area contributed by atoms with Gasteiger partial charge in [-0.25, -0.2) is 0 Å². The molecule has 19 heavy (non-hydrogen) atoms. The number of hydrogen-bond donors (Lipinski definition) is 1. The van der Waals surface area contributed by atoms with Crippen LogP contribution in [0.4, 0.5) is 0 Å². The molecule has 5 nitrogen and oxygen atoms in total. The fourth-order valence-corrected chi connectivity index (χ4v) is 4.91. The molecule has 110 valence electrons. The van der Waals surface area contributed by atoms with Crippen LogP contribution in [-0.4, -0.2) is 55.8 Å². The largest absolute Gasteiger partial charge is 0.314 e. The smallest absolute Gasteiger partial charge is 0.281 e. The SMILES string of the molecule is O=S(=O)(N1CCCC1)N1CCCC(CNC2CC2)C1. The Morgan fingerprint density at radius 3 is 2.32 bits per heavy atom. The van der Waals surface area contributed by atoms with E-state index in [1.54, 1.807) is 8.61 Å². The lowest BCUT2D eigenvalue weighted by atomic mass is 10.00. The average molecular weight is 287 g/mol. The summed E-state index contributed by atoms with van der Waals surface area (Å²) in [6, 6.07) is 0.713.